The van der Waals surface area contributed by atoms with Gasteiger partial charge >= 0.3 is 0 Å². The molecule has 3 N–H and O–H groups in total. The molecule has 5 heteroatoms. The van der Waals surface area contributed by atoms with Crippen LogP contribution in [-0.4, -0.2) is 34.6 Å². The first-order chi connectivity index (χ1) is 8.35. The maximum absolute atomic E-state index is 4.49. The molecule has 0 spiro atoms. The molecule has 2 aromatic heterocycles. The summed E-state index contributed by atoms with van der Waals surface area (Å²) in [5.74, 6) is 1.86. The minimum Gasteiger partial charge on any atom is -0.373 e. The standard InChI is InChI=1S/C12H17N5/c1-13-10-5-4-9-12(16-10)17-11(15-9)6-7-14-8-2-3-8/h4-5,8,14H,2-3,6-7H2,1H3,(H2,13,15,16,17). The number of rotatable bonds is 5. The van der Waals surface area contributed by atoms with Gasteiger partial charge in [-0.2, -0.15) is 0 Å². The Morgan fingerprint density at radius 1 is 1.35 bits per heavy atom. The Balaban J connectivity index is 1.71. The van der Waals surface area contributed by atoms with Gasteiger partial charge in [0.1, 0.15) is 11.6 Å². The normalized spacial score (nSPS) is 15.4. The summed E-state index contributed by atoms with van der Waals surface area (Å²) in [5, 5.41) is 6.50. The lowest BCUT2D eigenvalue weighted by molar-refractivity contribution is 0.670. The summed E-state index contributed by atoms with van der Waals surface area (Å²) in [7, 11) is 1.86. The smallest absolute Gasteiger partial charge is 0.179 e. The SMILES string of the molecule is CNc1ccc2[nH]c(CCNC3CC3)nc2n1. The van der Waals surface area contributed by atoms with Crippen LogP contribution in [0.4, 0.5) is 5.82 Å². The fraction of sp³-hybridized carbons (Fsp3) is 0.500. The Kier molecular flexibility index (Phi) is 2.68. The molecule has 17 heavy (non-hydrogen) atoms. The number of nitrogens with one attached hydrogen (secondary N) is 3. The number of nitrogens with zero attached hydrogens (tertiary/aromatic N) is 2. The number of aromatic nitrogens is 3. The van der Waals surface area contributed by atoms with Crippen molar-refractivity contribution in [3.05, 3.63) is 18.0 Å². The van der Waals surface area contributed by atoms with Crippen molar-refractivity contribution in [3.8, 4) is 0 Å². The molecule has 1 aliphatic carbocycles. The molecule has 0 unspecified atom stereocenters. The summed E-state index contributed by atoms with van der Waals surface area (Å²) < 4.78 is 0. The van der Waals surface area contributed by atoms with Crippen LogP contribution in [0.3, 0.4) is 0 Å². The molecule has 0 amide bonds. The van der Waals surface area contributed by atoms with E-state index in [0.29, 0.717) is 0 Å². The number of imidazole rings is 1. The maximum Gasteiger partial charge on any atom is 0.179 e. The monoisotopic (exact) mass is 231 g/mol. The Hall–Kier alpha value is -1.62. The first-order valence-electron chi connectivity index (χ1n) is 6.12. The predicted octanol–water partition coefficient (Wildman–Crippen LogP) is 1.29. The summed E-state index contributed by atoms with van der Waals surface area (Å²) in [5.41, 5.74) is 1.80. The van der Waals surface area contributed by atoms with Crippen molar-refractivity contribution in [3.63, 3.8) is 0 Å². The van der Waals surface area contributed by atoms with Crippen LogP contribution in [0.1, 0.15) is 18.7 Å². The fourth-order valence-electron chi connectivity index (χ4n) is 1.88. The molecule has 1 fully saturated rings. The van der Waals surface area contributed by atoms with E-state index in [9.17, 15) is 0 Å². The third-order valence-corrected chi connectivity index (χ3v) is 3.02. The zero-order valence-corrected chi connectivity index (χ0v) is 9.95. The number of pyridine rings is 1. The molecule has 0 atom stereocenters. The minimum absolute atomic E-state index is 0.758. The highest BCUT2D eigenvalue weighted by Gasteiger charge is 2.19. The van der Waals surface area contributed by atoms with Crippen molar-refractivity contribution >= 4 is 17.0 Å². The number of anilines is 1. The van der Waals surface area contributed by atoms with Gasteiger partial charge in [0.15, 0.2) is 5.65 Å². The van der Waals surface area contributed by atoms with Crippen LogP contribution in [0.15, 0.2) is 12.1 Å². The van der Waals surface area contributed by atoms with Crippen LogP contribution >= 0.6 is 0 Å². The molecule has 0 saturated heterocycles. The zero-order chi connectivity index (χ0) is 11.7. The van der Waals surface area contributed by atoms with Gasteiger partial charge in [0.2, 0.25) is 0 Å². The van der Waals surface area contributed by atoms with Crippen molar-refractivity contribution in [2.24, 2.45) is 0 Å². The topological polar surface area (TPSA) is 65.6 Å². The van der Waals surface area contributed by atoms with Crippen LogP contribution in [0.25, 0.3) is 11.2 Å². The van der Waals surface area contributed by atoms with Crippen molar-refractivity contribution in [1.82, 2.24) is 20.3 Å². The number of fused-ring (bicyclic) bond motifs is 1. The second-order valence-corrected chi connectivity index (χ2v) is 4.48. The van der Waals surface area contributed by atoms with Gasteiger partial charge in [-0.1, -0.05) is 0 Å². The summed E-state index contributed by atoms with van der Waals surface area (Å²) in [6.45, 7) is 0.989. The summed E-state index contributed by atoms with van der Waals surface area (Å²) in [6.07, 6.45) is 3.59. The molecule has 1 aliphatic rings. The van der Waals surface area contributed by atoms with E-state index < -0.39 is 0 Å². The van der Waals surface area contributed by atoms with Gasteiger partial charge in [-0.25, -0.2) is 9.97 Å². The molecule has 0 aliphatic heterocycles. The van der Waals surface area contributed by atoms with Gasteiger partial charge in [-0.15, -0.1) is 0 Å². The van der Waals surface area contributed by atoms with E-state index in [2.05, 4.69) is 25.6 Å². The first kappa shape index (κ1) is 10.5. The molecular formula is C12H17N5. The summed E-state index contributed by atoms with van der Waals surface area (Å²) >= 11 is 0. The molecule has 2 aromatic rings. The number of aromatic amines is 1. The van der Waals surface area contributed by atoms with E-state index in [0.717, 1.165) is 41.8 Å². The molecule has 0 bridgehead atoms. The van der Waals surface area contributed by atoms with Crippen LogP contribution in [0, 0.1) is 0 Å². The molecule has 2 heterocycles. The van der Waals surface area contributed by atoms with Gasteiger partial charge in [-0.3, -0.25) is 0 Å². The second-order valence-electron chi connectivity index (χ2n) is 4.48. The molecule has 5 nitrogen and oxygen atoms in total. The number of hydrogen-bond acceptors (Lipinski definition) is 4. The van der Waals surface area contributed by atoms with Gasteiger partial charge < -0.3 is 15.6 Å². The highest BCUT2D eigenvalue weighted by atomic mass is 15.0. The third-order valence-electron chi connectivity index (χ3n) is 3.02. The lowest BCUT2D eigenvalue weighted by Gasteiger charge is -1.98. The lowest BCUT2D eigenvalue weighted by Crippen LogP contribution is -2.19. The Bertz CT molecular complexity index is 515. The fourth-order valence-corrected chi connectivity index (χ4v) is 1.88. The van der Waals surface area contributed by atoms with Crippen molar-refractivity contribution in [2.45, 2.75) is 25.3 Å². The van der Waals surface area contributed by atoms with Crippen LogP contribution < -0.4 is 10.6 Å². The quantitative estimate of drug-likeness (QED) is 0.725. The van der Waals surface area contributed by atoms with E-state index in [1.165, 1.54) is 12.8 Å². The van der Waals surface area contributed by atoms with Crippen LogP contribution in [0.2, 0.25) is 0 Å². The van der Waals surface area contributed by atoms with Gasteiger partial charge in [0.25, 0.3) is 0 Å². The number of H-pyrrole nitrogens is 1. The van der Waals surface area contributed by atoms with Gasteiger partial charge in [0, 0.05) is 26.1 Å². The Labute approximate surface area is 100 Å². The highest BCUT2D eigenvalue weighted by Crippen LogP contribution is 2.18. The summed E-state index contributed by atoms with van der Waals surface area (Å²) in [6, 6.07) is 4.72. The lowest BCUT2D eigenvalue weighted by atomic mass is 10.4. The minimum atomic E-state index is 0.758. The van der Waals surface area contributed by atoms with Crippen molar-refractivity contribution in [2.75, 3.05) is 18.9 Å². The van der Waals surface area contributed by atoms with E-state index in [1.807, 2.05) is 19.2 Å². The first-order valence-corrected chi connectivity index (χ1v) is 6.12. The van der Waals surface area contributed by atoms with E-state index in [4.69, 9.17) is 0 Å². The largest absolute Gasteiger partial charge is 0.373 e. The third kappa shape index (κ3) is 2.39. The van der Waals surface area contributed by atoms with E-state index in [-0.39, 0.29) is 0 Å². The molecule has 0 radical (unpaired) electrons. The molecule has 1 saturated carbocycles. The predicted molar refractivity (Wildman–Crippen MR) is 68.2 cm³/mol. The maximum atomic E-state index is 4.49. The van der Waals surface area contributed by atoms with Crippen molar-refractivity contribution in [1.29, 1.82) is 0 Å². The van der Waals surface area contributed by atoms with E-state index in [1.54, 1.807) is 0 Å². The molecule has 90 valence electrons. The van der Waals surface area contributed by atoms with Crippen LogP contribution in [0.5, 0.6) is 0 Å². The van der Waals surface area contributed by atoms with Crippen LogP contribution in [-0.2, 0) is 6.42 Å². The van der Waals surface area contributed by atoms with E-state index >= 15 is 0 Å². The van der Waals surface area contributed by atoms with Gasteiger partial charge in [0.05, 0.1) is 5.52 Å². The molecule has 3 rings (SSSR count). The molecular weight excluding hydrogens is 214 g/mol. The Morgan fingerprint density at radius 2 is 2.24 bits per heavy atom. The van der Waals surface area contributed by atoms with Crippen molar-refractivity contribution < 1.29 is 0 Å². The summed E-state index contributed by atoms with van der Waals surface area (Å²) in [4.78, 5) is 12.2. The number of hydrogen-bond donors (Lipinski definition) is 3. The average molecular weight is 231 g/mol. The molecule has 0 aromatic carbocycles. The zero-order valence-electron chi connectivity index (χ0n) is 9.95. The average Bonchev–Trinajstić information content (AvgIpc) is 3.07. The second kappa shape index (κ2) is 4.33. The Morgan fingerprint density at radius 3 is 3.00 bits per heavy atom. The highest BCUT2D eigenvalue weighted by molar-refractivity contribution is 5.72. The van der Waals surface area contributed by atoms with Gasteiger partial charge in [-0.05, 0) is 25.0 Å².